The Kier molecular flexibility index (Phi) is 8.32. The van der Waals surface area contributed by atoms with Gasteiger partial charge in [0.05, 0.1) is 16.7 Å². The van der Waals surface area contributed by atoms with Crippen LogP contribution in [0.3, 0.4) is 0 Å². The van der Waals surface area contributed by atoms with E-state index in [2.05, 4.69) is 20.3 Å². The summed E-state index contributed by atoms with van der Waals surface area (Å²) < 4.78 is 0. The van der Waals surface area contributed by atoms with Crippen molar-refractivity contribution in [3.63, 3.8) is 0 Å². The number of H-pyrrole nitrogens is 1. The van der Waals surface area contributed by atoms with Crippen molar-refractivity contribution in [3.8, 4) is 0 Å². The molecule has 0 aliphatic carbocycles. The van der Waals surface area contributed by atoms with Crippen LogP contribution in [0.1, 0.15) is 31.4 Å². The van der Waals surface area contributed by atoms with Crippen LogP contribution in [-0.4, -0.2) is 39.1 Å². The van der Waals surface area contributed by atoms with E-state index in [-0.39, 0.29) is 5.91 Å². The zero-order valence-corrected chi connectivity index (χ0v) is 19.4. The molecule has 0 atom stereocenters. The second kappa shape index (κ2) is 10.9. The van der Waals surface area contributed by atoms with Gasteiger partial charge < -0.3 is 10.3 Å². The van der Waals surface area contributed by atoms with Gasteiger partial charge in [0.25, 0.3) is 0 Å². The van der Waals surface area contributed by atoms with Crippen LogP contribution in [0.5, 0.6) is 0 Å². The maximum absolute atomic E-state index is 12.4. The molecule has 1 amide bonds. The molecule has 0 unspecified atom stereocenters. The zero-order chi connectivity index (χ0) is 20.6. The van der Waals surface area contributed by atoms with E-state index < -0.39 is 0 Å². The van der Waals surface area contributed by atoms with E-state index in [0.717, 1.165) is 62.5 Å². The van der Waals surface area contributed by atoms with Gasteiger partial charge in [-0.25, -0.2) is 9.97 Å². The normalized spacial score (nSPS) is 11.1. The lowest BCUT2D eigenvalue weighted by atomic mass is 10.2. The number of hydrogen-bond donors (Lipinski definition) is 2. The Hall–Kier alpha value is -1.64. The number of para-hydroxylation sites is 2. The number of amides is 1. The highest BCUT2D eigenvalue weighted by Crippen LogP contribution is 2.33. The first-order valence-corrected chi connectivity index (χ1v) is 13.0. The molecule has 1 aromatic carbocycles. The van der Waals surface area contributed by atoms with Gasteiger partial charge in [0.2, 0.25) is 5.91 Å². The predicted octanol–water partition coefficient (Wildman–Crippen LogP) is 6.00. The molecule has 3 aromatic rings. The third kappa shape index (κ3) is 6.17. The number of nitrogens with one attached hydrogen (secondary N) is 2. The average Bonchev–Trinajstić information content (AvgIpc) is 3.14. The number of aromatic amines is 1. The third-order valence-corrected chi connectivity index (χ3v) is 6.81. The van der Waals surface area contributed by atoms with E-state index in [1.807, 2.05) is 49.8 Å². The highest BCUT2D eigenvalue weighted by molar-refractivity contribution is 7.99. The number of nitrogens with zero attached hydrogens (tertiary/aromatic N) is 2. The van der Waals surface area contributed by atoms with Crippen LogP contribution in [0.4, 0.5) is 5.69 Å². The second-order valence-corrected chi connectivity index (χ2v) is 9.34. The molecule has 0 fully saturated rings. The molecule has 0 saturated carbocycles. The minimum atomic E-state index is 0.0613. The van der Waals surface area contributed by atoms with Crippen molar-refractivity contribution in [3.05, 3.63) is 36.0 Å². The number of rotatable bonds is 10. The summed E-state index contributed by atoms with van der Waals surface area (Å²) in [4.78, 5) is 25.9. The molecule has 154 valence electrons. The molecular weight excluding hydrogens is 420 g/mol. The molecule has 0 aliphatic heterocycles. The number of carbonyl (C=O) groups is 1. The molecule has 0 spiro atoms. The smallest absolute Gasteiger partial charge is 0.224 e. The minimum absolute atomic E-state index is 0.0613. The molecule has 2 N–H and O–H groups in total. The molecule has 0 radical (unpaired) electrons. The first-order chi connectivity index (χ1) is 14.1. The van der Waals surface area contributed by atoms with E-state index in [1.54, 1.807) is 35.3 Å². The zero-order valence-electron chi connectivity index (χ0n) is 16.9. The molecule has 2 heterocycles. The summed E-state index contributed by atoms with van der Waals surface area (Å²) in [6, 6.07) is 10.1. The number of thioether (sulfide) groups is 3. The SMILES string of the molecule is CSc1cc(C)nc(SC)c1NC(=O)CCCCCSc1nc2ccccc2[nH]1. The van der Waals surface area contributed by atoms with E-state index in [1.165, 1.54) is 0 Å². The number of aromatic nitrogens is 3. The van der Waals surface area contributed by atoms with Crippen molar-refractivity contribution in [2.75, 3.05) is 23.6 Å². The average molecular weight is 447 g/mol. The van der Waals surface area contributed by atoms with Crippen molar-refractivity contribution in [2.45, 2.75) is 47.7 Å². The maximum Gasteiger partial charge on any atom is 0.224 e. The molecule has 0 aliphatic rings. The van der Waals surface area contributed by atoms with Gasteiger partial charge in [0.15, 0.2) is 5.16 Å². The lowest BCUT2D eigenvalue weighted by molar-refractivity contribution is -0.116. The molecule has 5 nitrogen and oxygen atoms in total. The Morgan fingerprint density at radius 3 is 2.69 bits per heavy atom. The summed E-state index contributed by atoms with van der Waals surface area (Å²) in [5.41, 5.74) is 3.90. The standard InChI is InChI=1S/C21H26N4OS3/c1-14-13-17(27-2)19(20(22-14)28-3)25-18(26)11-5-4-8-12-29-21-23-15-9-6-7-10-16(15)24-21/h6-7,9-10,13H,4-5,8,11-12H2,1-3H3,(H,23,24)(H,25,26). The van der Waals surface area contributed by atoms with Crippen molar-refractivity contribution in [1.29, 1.82) is 0 Å². The van der Waals surface area contributed by atoms with E-state index in [4.69, 9.17) is 0 Å². The molecule has 3 rings (SSSR count). The number of hydrogen-bond acceptors (Lipinski definition) is 6. The van der Waals surface area contributed by atoms with Gasteiger partial charge in [0.1, 0.15) is 5.03 Å². The Bertz CT molecular complexity index is 915. The highest BCUT2D eigenvalue weighted by Gasteiger charge is 2.13. The van der Waals surface area contributed by atoms with Gasteiger partial charge in [-0.2, -0.15) is 0 Å². The lowest BCUT2D eigenvalue weighted by Crippen LogP contribution is -2.13. The number of carbonyl (C=O) groups excluding carboxylic acids is 1. The van der Waals surface area contributed by atoms with E-state index in [9.17, 15) is 4.79 Å². The summed E-state index contributed by atoms with van der Waals surface area (Å²) in [6.07, 6.45) is 7.51. The van der Waals surface area contributed by atoms with Gasteiger partial charge in [-0.3, -0.25) is 4.79 Å². The molecule has 29 heavy (non-hydrogen) atoms. The molecule has 0 saturated heterocycles. The fraction of sp³-hybridized carbons (Fsp3) is 0.381. The summed E-state index contributed by atoms with van der Waals surface area (Å²) in [5.74, 6) is 1.06. The summed E-state index contributed by atoms with van der Waals surface area (Å²) >= 11 is 4.94. The van der Waals surface area contributed by atoms with Gasteiger partial charge in [0, 0.05) is 22.8 Å². The lowest BCUT2D eigenvalue weighted by Gasteiger charge is -2.13. The molecule has 8 heteroatoms. The van der Waals surface area contributed by atoms with Crippen LogP contribution in [0.25, 0.3) is 11.0 Å². The number of fused-ring (bicyclic) bond motifs is 1. The van der Waals surface area contributed by atoms with E-state index in [0.29, 0.717) is 6.42 Å². The number of anilines is 1. The van der Waals surface area contributed by atoms with Gasteiger partial charge in [-0.05, 0) is 50.5 Å². The Morgan fingerprint density at radius 1 is 1.10 bits per heavy atom. The first kappa shape index (κ1) is 22.1. The van der Waals surface area contributed by atoms with Crippen molar-refractivity contribution >= 4 is 57.9 Å². The van der Waals surface area contributed by atoms with Crippen LogP contribution < -0.4 is 5.32 Å². The van der Waals surface area contributed by atoms with Crippen LogP contribution in [-0.2, 0) is 4.79 Å². The number of pyridine rings is 1. The monoisotopic (exact) mass is 446 g/mol. The van der Waals surface area contributed by atoms with Gasteiger partial charge in [-0.1, -0.05) is 30.3 Å². The van der Waals surface area contributed by atoms with Crippen molar-refractivity contribution in [1.82, 2.24) is 15.0 Å². The van der Waals surface area contributed by atoms with Crippen LogP contribution in [0, 0.1) is 6.92 Å². The Labute approximate surface area is 184 Å². The number of imidazole rings is 1. The molecule has 2 aromatic heterocycles. The topological polar surface area (TPSA) is 70.7 Å². The number of aryl methyl sites for hydroxylation is 1. The fourth-order valence-corrected chi connectivity index (χ4v) is 5.16. The fourth-order valence-electron chi connectivity index (χ4n) is 2.97. The second-order valence-electron chi connectivity index (χ2n) is 6.62. The number of benzene rings is 1. The first-order valence-electron chi connectivity index (χ1n) is 9.57. The quantitative estimate of drug-likeness (QED) is 0.294. The van der Waals surface area contributed by atoms with Crippen molar-refractivity contribution < 1.29 is 4.79 Å². The summed E-state index contributed by atoms with van der Waals surface area (Å²) in [7, 11) is 0. The largest absolute Gasteiger partial charge is 0.333 e. The summed E-state index contributed by atoms with van der Waals surface area (Å²) in [5, 5.41) is 4.92. The molecule has 0 bridgehead atoms. The third-order valence-electron chi connectivity index (χ3n) is 4.41. The van der Waals surface area contributed by atoms with Gasteiger partial charge >= 0.3 is 0 Å². The van der Waals surface area contributed by atoms with Crippen LogP contribution >= 0.6 is 35.3 Å². The van der Waals surface area contributed by atoms with Crippen LogP contribution in [0.2, 0.25) is 0 Å². The highest BCUT2D eigenvalue weighted by atomic mass is 32.2. The Morgan fingerprint density at radius 2 is 1.93 bits per heavy atom. The van der Waals surface area contributed by atoms with E-state index >= 15 is 0 Å². The van der Waals surface area contributed by atoms with Gasteiger partial charge in [-0.15, -0.1) is 23.5 Å². The number of unbranched alkanes of at least 4 members (excludes halogenated alkanes) is 2. The van der Waals surface area contributed by atoms with Crippen LogP contribution in [0.15, 0.2) is 45.4 Å². The summed E-state index contributed by atoms with van der Waals surface area (Å²) in [6.45, 7) is 1.98. The Balaban J connectivity index is 1.40. The van der Waals surface area contributed by atoms with Crippen molar-refractivity contribution in [2.24, 2.45) is 0 Å². The molecular formula is C21H26N4OS3. The maximum atomic E-state index is 12.4. The minimum Gasteiger partial charge on any atom is -0.333 e. The predicted molar refractivity (Wildman–Crippen MR) is 126 cm³/mol.